The van der Waals surface area contributed by atoms with Crippen molar-refractivity contribution in [1.29, 1.82) is 0 Å². The fraction of sp³-hybridized carbons (Fsp3) is 0.500. The van der Waals surface area contributed by atoms with Crippen LogP contribution in [0.1, 0.15) is 17.5 Å². The van der Waals surface area contributed by atoms with Gasteiger partial charge in [0.05, 0.1) is 0 Å². The molecule has 0 heterocycles. The zero-order chi connectivity index (χ0) is 12.1. The first-order chi connectivity index (χ1) is 7.47. The van der Waals surface area contributed by atoms with Crippen molar-refractivity contribution in [3.05, 3.63) is 35.4 Å². The van der Waals surface area contributed by atoms with Gasteiger partial charge in [-0.2, -0.15) is 0 Å². The second-order valence-electron chi connectivity index (χ2n) is 2.62. The fourth-order valence-electron chi connectivity index (χ4n) is 1.51. The molecule has 3 heteroatoms. The summed E-state index contributed by atoms with van der Waals surface area (Å²) in [5, 5.41) is 0. The van der Waals surface area contributed by atoms with Crippen LogP contribution in [0.25, 0.3) is 0 Å². The average molecular weight is 211 g/mol. The molecule has 1 aliphatic carbocycles. The van der Waals surface area contributed by atoms with Crippen LogP contribution in [0.3, 0.4) is 0 Å². The van der Waals surface area contributed by atoms with Crippen LogP contribution in [-0.4, -0.2) is 21.1 Å². The first-order valence-electron chi connectivity index (χ1n) is 5.27. The molecule has 0 amide bonds. The lowest BCUT2D eigenvalue weighted by Gasteiger charge is -1.93. The molecule has 15 heavy (non-hydrogen) atoms. The van der Waals surface area contributed by atoms with Crippen molar-refractivity contribution in [2.45, 2.75) is 19.3 Å². The van der Waals surface area contributed by atoms with Crippen LogP contribution < -0.4 is 17.2 Å². The molecule has 0 saturated carbocycles. The molecule has 1 aromatic rings. The maximum atomic E-state index is 4.50. The minimum absolute atomic E-state index is 1.30. The molecule has 0 atom stereocenters. The highest BCUT2D eigenvalue weighted by molar-refractivity contribution is 5.30. The number of rotatable bonds is 0. The van der Waals surface area contributed by atoms with E-state index in [0.717, 1.165) is 0 Å². The Bertz CT molecular complexity index is 201. The van der Waals surface area contributed by atoms with Crippen LogP contribution in [0.4, 0.5) is 0 Å². The van der Waals surface area contributed by atoms with Crippen molar-refractivity contribution in [1.82, 2.24) is 0 Å². The lowest BCUT2D eigenvalue weighted by molar-refractivity contribution is 0.912. The second-order valence-corrected chi connectivity index (χ2v) is 2.62. The van der Waals surface area contributed by atoms with Gasteiger partial charge in [-0.05, 0) is 51.5 Å². The van der Waals surface area contributed by atoms with Gasteiger partial charge in [-0.3, -0.25) is 0 Å². The van der Waals surface area contributed by atoms with Gasteiger partial charge < -0.3 is 17.2 Å². The van der Waals surface area contributed by atoms with E-state index in [1.165, 1.54) is 40.4 Å². The molecule has 3 nitrogen and oxygen atoms in total. The van der Waals surface area contributed by atoms with E-state index in [1.54, 1.807) is 11.1 Å². The smallest absolute Gasteiger partial charge is 0.0195 e. The molecule has 0 bridgehead atoms. The van der Waals surface area contributed by atoms with E-state index in [-0.39, 0.29) is 0 Å². The standard InChI is InChI=1S/C9H10.3CH5N/c1-2-5-9-7-3-6-8(9)4-1;3*1-2/h1-2,4-5H,3,6-7H2;3*2H2,1H3. The molecule has 0 spiro atoms. The first-order valence-corrected chi connectivity index (χ1v) is 5.27. The number of nitrogens with two attached hydrogens (primary N) is 3. The molecule has 1 aliphatic rings. The predicted molar refractivity (Wildman–Crippen MR) is 68.8 cm³/mol. The summed E-state index contributed by atoms with van der Waals surface area (Å²) >= 11 is 0. The maximum absolute atomic E-state index is 4.50. The summed E-state index contributed by atoms with van der Waals surface area (Å²) in [5.74, 6) is 0. The Hall–Kier alpha value is -0.900. The highest BCUT2D eigenvalue weighted by Crippen LogP contribution is 2.20. The summed E-state index contributed by atoms with van der Waals surface area (Å²) in [6.07, 6.45) is 3.96. The monoisotopic (exact) mass is 211 g/mol. The highest BCUT2D eigenvalue weighted by atomic mass is 14.4. The van der Waals surface area contributed by atoms with Gasteiger partial charge in [0.1, 0.15) is 0 Å². The lowest BCUT2D eigenvalue weighted by atomic mass is 10.1. The number of benzene rings is 1. The van der Waals surface area contributed by atoms with Gasteiger partial charge in [-0.15, -0.1) is 0 Å². The molecular weight excluding hydrogens is 186 g/mol. The molecule has 0 saturated heterocycles. The van der Waals surface area contributed by atoms with Crippen LogP contribution >= 0.6 is 0 Å². The summed E-state index contributed by atoms with van der Waals surface area (Å²) in [4.78, 5) is 0. The highest BCUT2D eigenvalue weighted by Gasteiger charge is 2.07. The van der Waals surface area contributed by atoms with Crippen LogP contribution in [-0.2, 0) is 12.8 Å². The summed E-state index contributed by atoms with van der Waals surface area (Å²) < 4.78 is 0. The Kier molecular flexibility index (Phi) is 14.4. The van der Waals surface area contributed by atoms with E-state index in [9.17, 15) is 0 Å². The van der Waals surface area contributed by atoms with Crippen molar-refractivity contribution in [3.8, 4) is 0 Å². The van der Waals surface area contributed by atoms with Crippen LogP contribution in [0.15, 0.2) is 24.3 Å². The van der Waals surface area contributed by atoms with Crippen LogP contribution in [0.5, 0.6) is 0 Å². The molecule has 88 valence electrons. The Morgan fingerprint density at radius 3 is 1.40 bits per heavy atom. The summed E-state index contributed by atoms with van der Waals surface area (Å²) in [7, 11) is 4.50. The second kappa shape index (κ2) is 13.1. The Morgan fingerprint density at radius 2 is 1.07 bits per heavy atom. The van der Waals surface area contributed by atoms with E-state index in [1.807, 2.05) is 0 Å². The predicted octanol–water partition coefficient (Wildman–Crippen LogP) is 0.900. The zero-order valence-electron chi connectivity index (χ0n) is 10.2. The SMILES string of the molecule is CN.CN.CN.c1ccc2c(c1)CCC2. The Balaban J connectivity index is 0. The van der Waals surface area contributed by atoms with Crippen molar-refractivity contribution in [3.63, 3.8) is 0 Å². The minimum Gasteiger partial charge on any atom is -0.333 e. The number of fused-ring (bicyclic) bond motifs is 1. The Morgan fingerprint density at radius 1 is 0.733 bits per heavy atom. The van der Waals surface area contributed by atoms with Crippen molar-refractivity contribution in [2.24, 2.45) is 17.2 Å². The van der Waals surface area contributed by atoms with E-state index in [2.05, 4.69) is 41.5 Å². The quantitative estimate of drug-likeness (QED) is 0.596. The molecular formula is C12H25N3. The van der Waals surface area contributed by atoms with Gasteiger partial charge in [-0.1, -0.05) is 24.3 Å². The summed E-state index contributed by atoms with van der Waals surface area (Å²) in [6.45, 7) is 0. The molecule has 1 aromatic carbocycles. The number of hydrogen-bond acceptors (Lipinski definition) is 3. The molecule has 0 aromatic heterocycles. The molecule has 0 aliphatic heterocycles. The number of aryl methyl sites for hydroxylation is 2. The largest absolute Gasteiger partial charge is 0.333 e. The third-order valence-corrected chi connectivity index (χ3v) is 2.01. The topological polar surface area (TPSA) is 78.1 Å². The average Bonchev–Trinajstić information content (AvgIpc) is 2.85. The molecule has 6 N–H and O–H groups in total. The van der Waals surface area contributed by atoms with Gasteiger partial charge in [0, 0.05) is 0 Å². The van der Waals surface area contributed by atoms with Gasteiger partial charge in [0.2, 0.25) is 0 Å². The summed E-state index contributed by atoms with van der Waals surface area (Å²) in [6, 6.07) is 8.74. The first kappa shape index (κ1) is 16.5. The lowest BCUT2D eigenvalue weighted by Crippen LogP contribution is -1.77. The van der Waals surface area contributed by atoms with E-state index < -0.39 is 0 Å². The minimum atomic E-state index is 1.30. The van der Waals surface area contributed by atoms with Crippen molar-refractivity contribution >= 4 is 0 Å². The van der Waals surface area contributed by atoms with Crippen molar-refractivity contribution in [2.75, 3.05) is 21.1 Å². The van der Waals surface area contributed by atoms with E-state index in [0.29, 0.717) is 0 Å². The molecule has 0 fully saturated rings. The van der Waals surface area contributed by atoms with Gasteiger partial charge >= 0.3 is 0 Å². The van der Waals surface area contributed by atoms with Crippen LogP contribution in [0, 0.1) is 0 Å². The molecule has 0 radical (unpaired) electrons. The third-order valence-electron chi connectivity index (χ3n) is 2.01. The summed E-state index contributed by atoms with van der Waals surface area (Å²) in [5.41, 5.74) is 16.6. The van der Waals surface area contributed by atoms with Gasteiger partial charge in [0.15, 0.2) is 0 Å². The maximum Gasteiger partial charge on any atom is -0.0195 e. The van der Waals surface area contributed by atoms with Gasteiger partial charge in [0.25, 0.3) is 0 Å². The van der Waals surface area contributed by atoms with E-state index in [4.69, 9.17) is 0 Å². The number of hydrogen-bond donors (Lipinski definition) is 3. The zero-order valence-corrected chi connectivity index (χ0v) is 10.2. The van der Waals surface area contributed by atoms with Gasteiger partial charge in [-0.25, -0.2) is 0 Å². The van der Waals surface area contributed by atoms with Crippen LogP contribution in [0.2, 0.25) is 0 Å². The normalized spacial score (nSPS) is 10.5. The molecule has 0 unspecified atom stereocenters. The fourth-order valence-corrected chi connectivity index (χ4v) is 1.51. The third kappa shape index (κ3) is 6.23. The van der Waals surface area contributed by atoms with Crippen molar-refractivity contribution < 1.29 is 0 Å². The van der Waals surface area contributed by atoms with E-state index >= 15 is 0 Å². The molecule has 2 rings (SSSR count). The Labute approximate surface area is 93.7 Å².